The third-order valence-corrected chi connectivity index (χ3v) is 3.67. The molecule has 1 N–H and O–H groups in total. The van der Waals surface area contributed by atoms with Crippen molar-refractivity contribution in [2.24, 2.45) is 0 Å². The smallest absolute Gasteiger partial charge is 0.269 e. The first kappa shape index (κ1) is 17.6. The second kappa shape index (κ2) is 7.80. The van der Waals surface area contributed by atoms with Gasteiger partial charge in [0.1, 0.15) is 23.2 Å². The van der Waals surface area contributed by atoms with Crippen LogP contribution in [0.5, 0.6) is 0 Å². The minimum atomic E-state index is -0.544. The van der Waals surface area contributed by atoms with Crippen LogP contribution in [0.3, 0.4) is 0 Å². The number of carbonyl (C=O) groups is 1. The molecule has 0 atom stereocenters. The first-order valence-corrected chi connectivity index (χ1v) is 7.89. The van der Waals surface area contributed by atoms with E-state index in [1.54, 1.807) is 48.5 Å². The zero-order chi connectivity index (χ0) is 19.2. The summed E-state index contributed by atoms with van der Waals surface area (Å²) >= 11 is 0. The first-order valence-electron chi connectivity index (χ1n) is 7.89. The third-order valence-electron chi connectivity index (χ3n) is 3.67. The fraction of sp³-hybridized carbons (Fsp3) is 0. The number of non-ortho nitro benzene ring substituents is 1. The fourth-order valence-electron chi connectivity index (χ4n) is 2.34. The highest BCUT2D eigenvalue weighted by molar-refractivity contribution is 6.09. The van der Waals surface area contributed by atoms with Crippen molar-refractivity contribution in [3.63, 3.8) is 0 Å². The van der Waals surface area contributed by atoms with Crippen LogP contribution in [0.2, 0.25) is 0 Å². The van der Waals surface area contributed by atoms with Gasteiger partial charge in [-0.1, -0.05) is 18.2 Å². The van der Waals surface area contributed by atoms with E-state index in [2.05, 4.69) is 5.32 Å². The second-order valence-corrected chi connectivity index (χ2v) is 5.50. The number of carbonyl (C=O) groups excluding carboxylic acids is 1. The maximum Gasteiger partial charge on any atom is 0.269 e. The van der Waals surface area contributed by atoms with Gasteiger partial charge >= 0.3 is 0 Å². The molecule has 3 rings (SSSR count). The zero-order valence-electron chi connectivity index (χ0n) is 14.0. The highest BCUT2D eigenvalue weighted by atomic mass is 16.6. The molecule has 132 valence electrons. The van der Waals surface area contributed by atoms with E-state index in [0.717, 1.165) is 0 Å². The van der Waals surface area contributed by atoms with Crippen LogP contribution in [-0.2, 0) is 4.79 Å². The van der Waals surface area contributed by atoms with Crippen LogP contribution in [0.1, 0.15) is 5.76 Å². The summed E-state index contributed by atoms with van der Waals surface area (Å²) in [6.07, 6.45) is 1.34. The molecule has 1 aromatic heterocycles. The number of para-hydroxylation sites is 1. The van der Waals surface area contributed by atoms with Crippen molar-refractivity contribution in [3.8, 4) is 17.4 Å². The summed E-state index contributed by atoms with van der Waals surface area (Å²) in [5.74, 6) is 0.247. The Hall–Kier alpha value is -4.18. The van der Waals surface area contributed by atoms with Crippen molar-refractivity contribution in [2.45, 2.75) is 0 Å². The van der Waals surface area contributed by atoms with Crippen molar-refractivity contribution >= 4 is 23.4 Å². The second-order valence-electron chi connectivity index (χ2n) is 5.50. The zero-order valence-corrected chi connectivity index (χ0v) is 14.0. The summed E-state index contributed by atoms with van der Waals surface area (Å²) in [6.45, 7) is 0. The van der Waals surface area contributed by atoms with Crippen molar-refractivity contribution < 1.29 is 14.1 Å². The molecular weight excluding hydrogens is 346 g/mol. The lowest BCUT2D eigenvalue weighted by atomic mass is 10.1. The van der Waals surface area contributed by atoms with E-state index in [1.807, 2.05) is 12.1 Å². The maximum atomic E-state index is 12.2. The van der Waals surface area contributed by atoms with E-state index in [1.165, 1.54) is 18.2 Å². The van der Waals surface area contributed by atoms with E-state index in [0.29, 0.717) is 22.8 Å². The number of hydrogen-bond acceptors (Lipinski definition) is 5. The predicted molar refractivity (Wildman–Crippen MR) is 99.5 cm³/mol. The van der Waals surface area contributed by atoms with Crippen LogP contribution in [0.15, 0.2) is 76.7 Å². The predicted octanol–water partition coefficient (Wildman–Crippen LogP) is 4.40. The number of nitro groups is 1. The van der Waals surface area contributed by atoms with Gasteiger partial charge in [0.2, 0.25) is 0 Å². The van der Waals surface area contributed by atoms with Gasteiger partial charge in [-0.15, -0.1) is 0 Å². The van der Waals surface area contributed by atoms with Crippen LogP contribution < -0.4 is 5.32 Å². The monoisotopic (exact) mass is 359 g/mol. The van der Waals surface area contributed by atoms with E-state index < -0.39 is 10.8 Å². The van der Waals surface area contributed by atoms with Crippen molar-refractivity contribution in [3.05, 3.63) is 88.2 Å². The molecule has 0 bridgehead atoms. The summed E-state index contributed by atoms with van der Waals surface area (Å²) in [6, 6.07) is 19.8. The molecule has 0 aliphatic carbocycles. The highest BCUT2D eigenvalue weighted by Gasteiger charge is 2.12. The normalized spacial score (nSPS) is 10.9. The van der Waals surface area contributed by atoms with Gasteiger partial charge in [0, 0.05) is 29.5 Å². The Labute approximate surface area is 154 Å². The quantitative estimate of drug-likeness (QED) is 0.314. The minimum Gasteiger partial charge on any atom is -0.457 e. The van der Waals surface area contributed by atoms with Crippen molar-refractivity contribution in [1.29, 1.82) is 5.26 Å². The van der Waals surface area contributed by atoms with Crippen LogP contribution in [-0.4, -0.2) is 10.8 Å². The molecule has 0 aliphatic heterocycles. The Bertz CT molecular complexity index is 1040. The standard InChI is InChI=1S/C20H13N3O4/c21-13-15(20(24)22-16-4-2-1-3-5-16)12-18-10-11-19(27-18)14-6-8-17(9-7-14)23(25)26/h1-12H,(H,22,24)/b15-12+. The lowest BCUT2D eigenvalue weighted by Gasteiger charge is -2.03. The third kappa shape index (κ3) is 4.27. The van der Waals surface area contributed by atoms with Crippen LogP contribution in [0.4, 0.5) is 11.4 Å². The van der Waals surface area contributed by atoms with E-state index >= 15 is 0 Å². The SMILES string of the molecule is N#C/C(=C\c1ccc(-c2ccc([N+](=O)[O-])cc2)o1)C(=O)Nc1ccccc1. The van der Waals surface area contributed by atoms with Gasteiger partial charge in [-0.3, -0.25) is 14.9 Å². The van der Waals surface area contributed by atoms with Gasteiger partial charge in [-0.05, 0) is 36.4 Å². The summed E-state index contributed by atoms with van der Waals surface area (Å²) in [5.41, 5.74) is 1.10. The molecule has 1 heterocycles. The number of benzene rings is 2. The molecule has 0 fully saturated rings. The molecule has 0 radical (unpaired) electrons. The summed E-state index contributed by atoms with van der Waals surface area (Å²) < 4.78 is 5.63. The highest BCUT2D eigenvalue weighted by Crippen LogP contribution is 2.25. The molecule has 7 nitrogen and oxygen atoms in total. The number of nitrogens with zero attached hydrogens (tertiary/aromatic N) is 2. The largest absolute Gasteiger partial charge is 0.457 e. The van der Waals surface area contributed by atoms with Gasteiger partial charge in [0.25, 0.3) is 11.6 Å². The van der Waals surface area contributed by atoms with Gasteiger partial charge in [-0.2, -0.15) is 5.26 Å². The molecule has 0 unspecified atom stereocenters. The average Bonchev–Trinajstić information content (AvgIpc) is 3.15. The molecule has 1 amide bonds. The Morgan fingerprint density at radius 3 is 2.41 bits per heavy atom. The van der Waals surface area contributed by atoms with Gasteiger partial charge < -0.3 is 9.73 Å². The molecule has 0 saturated heterocycles. The number of nitrogens with one attached hydrogen (secondary N) is 1. The number of nitro benzene ring substituents is 1. The molecule has 7 heteroatoms. The van der Waals surface area contributed by atoms with Gasteiger partial charge in [0.15, 0.2) is 0 Å². The Kier molecular flexibility index (Phi) is 5.10. The van der Waals surface area contributed by atoms with Crippen molar-refractivity contribution in [1.82, 2.24) is 0 Å². The van der Waals surface area contributed by atoms with E-state index in [9.17, 15) is 20.2 Å². The molecular formula is C20H13N3O4. The van der Waals surface area contributed by atoms with Crippen LogP contribution in [0, 0.1) is 21.4 Å². The summed E-state index contributed by atoms with van der Waals surface area (Å²) in [7, 11) is 0. The topological polar surface area (TPSA) is 109 Å². The van der Waals surface area contributed by atoms with E-state index in [-0.39, 0.29) is 11.3 Å². The van der Waals surface area contributed by atoms with Crippen molar-refractivity contribution in [2.75, 3.05) is 5.32 Å². The molecule has 0 saturated carbocycles. The number of amides is 1. The van der Waals surface area contributed by atoms with Gasteiger partial charge in [0.05, 0.1) is 4.92 Å². The molecule has 0 spiro atoms. The summed E-state index contributed by atoms with van der Waals surface area (Å²) in [4.78, 5) is 22.4. The Morgan fingerprint density at radius 2 is 1.78 bits per heavy atom. The minimum absolute atomic E-state index is 0.0187. The molecule has 0 aliphatic rings. The molecule has 3 aromatic rings. The summed E-state index contributed by atoms with van der Waals surface area (Å²) in [5, 5.41) is 22.6. The van der Waals surface area contributed by atoms with Gasteiger partial charge in [-0.25, -0.2) is 0 Å². The lowest BCUT2D eigenvalue weighted by molar-refractivity contribution is -0.384. The first-order chi connectivity index (χ1) is 13.1. The number of furan rings is 1. The number of nitriles is 1. The average molecular weight is 359 g/mol. The van der Waals surface area contributed by atoms with E-state index in [4.69, 9.17) is 4.42 Å². The lowest BCUT2D eigenvalue weighted by Crippen LogP contribution is -2.13. The van der Waals surface area contributed by atoms with Crippen LogP contribution >= 0.6 is 0 Å². The number of rotatable bonds is 5. The maximum absolute atomic E-state index is 12.2. The number of anilines is 1. The Balaban J connectivity index is 1.79. The molecule has 2 aromatic carbocycles. The molecule has 27 heavy (non-hydrogen) atoms. The van der Waals surface area contributed by atoms with Crippen LogP contribution in [0.25, 0.3) is 17.4 Å². The number of hydrogen-bond donors (Lipinski definition) is 1. The fourth-order valence-corrected chi connectivity index (χ4v) is 2.34. The Morgan fingerprint density at radius 1 is 1.07 bits per heavy atom.